The van der Waals surface area contributed by atoms with Gasteiger partial charge in [0, 0.05) is 29.4 Å². The van der Waals surface area contributed by atoms with Gasteiger partial charge in [0.2, 0.25) is 0 Å². The normalized spacial score (nSPS) is 27.5. The SMILES string of the molecule is O=C1C=CC(=O)C2C1CC=CC2c1ccccc1[N+](=O)[O-]. The monoisotopic (exact) mass is 283 g/mol. The fourth-order valence-electron chi connectivity index (χ4n) is 3.19. The molecule has 106 valence electrons. The quantitative estimate of drug-likeness (QED) is 0.475. The molecule has 3 unspecified atom stereocenters. The van der Waals surface area contributed by atoms with Gasteiger partial charge in [-0.15, -0.1) is 0 Å². The third kappa shape index (κ3) is 2.20. The molecule has 5 heteroatoms. The zero-order valence-electron chi connectivity index (χ0n) is 11.1. The lowest BCUT2D eigenvalue weighted by atomic mass is 9.67. The number of allylic oxidation sites excluding steroid dienone is 4. The number of para-hydroxylation sites is 1. The molecule has 2 aliphatic carbocycles. The molecule has 0 bridgehead atoms. The molecule has 2 aliphatic rings. The van der Waals surface area contributed by atoms with Gasteiger partial charge in [-0.05, 0) is 18.6 Å². The summed E-state index contributed by atoms with van der Waals surface area (Å²) in [4.78, 5) is 34.9. The standard InChI is InChI=1S/C16H13NO4/c18-14-8-9-15(19)16-11(5-3-6-12(14)16)10-4-1-2-7-13(10)17(20)21/h1-5,7-9,11-12,16H,6H2. The highest BCUT2D eigenvalue weighted by Crippen LogP contribution is 2.43. The number of hydrogen-bond acceptors (Lipinski definition) is 4. The highest BCUT2D eigenvalue weighted by atomic mass is 16.6. The van der Waals surface area contributed by atoms with E-state index in [9.17, 15) is 19.7 Å². The minimum Gasteiger partial charge on any atom is -0.295 e. The fraction of sp³-hybridized carbons (Fsp3) is 0.250. The van der Waals surface area contributed by atoms with E-state index in [0.29, 0.717) is 12.0 Å². The van der Waals surface area contributed by atoms with Gasteiger partial charge in [-0.2, -0.15) is 0 Å². The van der Waals surface area contributed by atoms with Crippen LogP contribution in [-0.2, 0) is 9.59 Å². The van der Waals surface area contributed by atoms with Crippen LogP contribution in [0.5, 0.6) is 0 Å². The van der Waals surface area contributed by atoms with E-state index in [-0.39, 0.29) is 17.3 Å². The predicted octanol–water partition coefficient (Wildman–Crippen LogP) is 2.58. The molecule has 3 atom stereocenters. The summed E-state index contributed by atoms with van der Waals surface area (Å²) in [5.74, 6) is -1.57. The largest absolute Gasteiger partial charge is 0.295 e. The van der Waals surface area contributed by atoms with Gasteiger partial charge >= 0.3 is 0 Å². The minimum absolute atomic E-state index is 0.0115. The molecule has 0 fully saturated rings. The number of benzene rings is 1. The molecule has 1 aromatic carbocycles. The average molecular weight is 283 g/mol. The van der Waals surface area contributed by atoms with Gasteiger partial charge in [0.05, 0.1) is 4.92 Å². The molecule has 0 spiro atoms. The van der Waals surface area contributed by atoms with Gasteiger partial charge < -0.3 is 0 Å². The molecule has 0 radical (unpaired) electrons. The zero-order valence-corrected chi connectivity index (χ0v) is 11.1. The van der Waals surface area contributed by atoms with Crippen LogP contribution >= 0.6 is 0 Å². The van der Waals surface area contributed by atoms with E-state index in [1.165, 1.54) is 18.2 Å². The summed E-state index contributed by atoms with van der Waals surface area (Å²) in [7, 11) is 0. The van der Waals surface area contributed by atoms with Crippen LogP contribution in [0.15, 0.2) is 48.6 Å². The molecule has 0 N–H and O–H groups in total. The molecule has 21 heavy (non-hydrogen) atoms. The highest BCUT2D eigenvalue weighted by molar-refractivity contribution is 6.08. The summed E-state index contributed by atoms with van der Waals surface area (Å²) in [6.07, 6.45) is 6.78. The first-order chi connectivity index (χ1) is 10.1. The van der Waals surface area contributed by atoms with Crippen LogP contribution in [0.25, 0.3) is 0 Å². The van der Waals surface area contributed by atoms with Crippen LogP contribution in [-0.4, -0.2) is 16.5 Å². The molecule has 0 saturated heterocycles. The van der Waals surface area contributed by atoms with Crippen LogP contribution in [0.1, 0.15) is 17.9 Å². The molecule has 5 nitrogen and oxygen atoms in total. The number of carbonyl (C=O) groups is 2. The molecule has 0 heterocycles. The van der Waals surface area contributed by atoms with Crippen molar-refractivity contribution >= 4 is 17.3 Å². The lowest BCUT2D eigenvalue weighted by Gasteiger charge is -2.33. The Morgan fingerprint density at radius 2 is 1.81 bits per heavy atom. The molecule has 3 rings (SSSR count). The van der Waals surface area contributed by atoms with E-state index < -0.39 is 22.7 Å². The van der Waals surface area contributed by atoms with E-state index in [2.05, 4.69) is 0 Å². The Morgan fingerprint density at radius 3 is 2.57 bits per heavy atom. The molecule has 0 aromatic heterocycles. The molecule has 1 aromatic rings. The van der Waals surface area contributed by atoms with E-state index in [1.54, 1.807) is 18.2 Å². The van der Waals surface area contributed by atoms with Crippen molar-refractivity contribution in [3.63, 3.8) is 0 Å². The summed E-state index contributed by atoms with van der Waals surface area (Å²) in [6.45, 7) is 0. The van der Waals surface area contributed by atoms with E-state index in [4.69, 9.17) is 0 Å². The fourth-order valence-corrected chi connectivity index (χ4v) is 3.19. The Labute approximate surface area is 121 Å². The first kappa shape index (κ1) is 13.4. The third-order valence-electron chi connectivity index (χ3n) is 4.15. The molecule has 0 saturated carbocycles. The summed E-state index contributed by atoms with van der Waals surface area (Å²) in [6, 6.07) is 6.40. The molecular weight excluding hydrogens is 270 g/mol. The second kappa shape index (κ2) is 5.09. The second-order valence-corrected chi connectivity index (χ2v) is 5.28. The number of nitro benzene ring substituents is 1. The summed E-state index contributed by atoms with van der Waals surface area (Å²) in [5, 5.41) is 11.2. The van der Waals surface area contributed by atoms with Crippen LogP contribution in [0.4, 0.5) is 5.69 Å². The van der Waals surface area contributed by atoms with Gasteiger partial charge in [-0.25, -0.2) is 0 Å². The highest BCUT2D eigenvalue weighted by Gasteiger charge is 2.42. The summed E-state index contributed by atoms with van der Waals surface area (Å²) < 4.78 is 0. The van der Waals surface area contributed by atoms with Gasteiger partial charge in [0.1, 0.15) is 0 Å². The Hall–Kier alpha value is -2.56. The average Bonchev–Trinajstić information content (AvgIpc) is 2.50. The van der Waals surface area contributed by atoms with Crippen molar-refractivity contribution in [2.24, 2.45) is 11.8 Å². The Balaban J connectivity index is 2.10. The van der Waals surface area contributed by atoms with Gasteiger partial charge in [-0.1, -0.05) is 30.4 Å². The van der Waals surface area contributed by atoms with Crippen LogP contribution < -0.4 is 0 Å². The second-order valence-electron chi connectivity index (χ2n) is 5.28. The summed E-state index contributed by atoms with van der Waals surface area (Å²) >= 11 is 0. The number of fused-ring (bicyclic) bond motifs is 1. The number of nitrogens with zero attached hydrogens (tertiary/aromatic N) is 1. The van der Waals surface area contributed by atoms with Crippen molar-refractivity contribution in [1.82, 2.24) is 0 Å². The predicted molar refractivity (Wildman–Crippen MR) is 75.7 cm³/mol. The number of ketones is 2. The minimum atomic E-state index is -0.534. The van der Waals surface area contributed by atoms with Crippen molar-refractivity contribution < 1.29 is 14.5 Å². The maximum Gasteiger partial charge on any atom is 0.273 e. The van der Waals surface area contributed by atoms with Crippen LogP contribution in [0, 0.1) is 22.0 Å². The van der Waals surface area contributed by atoms with Crippen molar-refractivity contribution in [3.05, 3.63) is 64.2 Å². The van der Waals surface area contributed by atoms with Crippen molar-refractivity contribution in [3.8, 4) is 0 Å². The number of carbonyl (C=O) groups excluding carboxylic acids is 2. The Morgan fingerprint density at radius 1 is 1.10 bits per heavy atom. The lowest BCUT2D eigenvalue weighted by Crippen LogP contribution is -2.37. The molecule has 0 amide bonds. The van der Waals surface area contributed by atoms with Gasteiger partial charge in [0.15, 0.2) is 11.6 Å². The van der Waals surface area contributed by atoms with Gasteiger partial charge in [-0.3, -0.25) is 19.7 Å². The van der Waals surface area contributed by atoms with E-state index in [1.807, 2.05) is 12.2 Å². The third-order valence-corrected chi connectivity index (χ3v) is 4.15. The molecular formula is C16H13NO4. The van der Waals surface area contributed by atoms with E-state index in [0.717, 1.165) is 0 Å². The summed E-state index contributed by atoms with van der Waals surface area (Å²) in [5.41, 5.74) is 0.479. The Bertz CT molecular complexity index is 689. The number of hydrogen-bond donors (Lipinski definition) is 0. The van der Waals surface area contributed by atoms with Crippen LogP contribution in [0.3, 0.4) is 0 Å². The maximum absolute atomic E-state index is 12.2. The number of nitro groups is 1. The number of rotatable bonds is 2. The van der Waals surface area contributed by atoms with Crippen molar-refractivity contribution in [2.75, 3.05) is 0 Å². The van der Waals surface area contributed by atoms with E-state index >= 15 is 0 Å². The maximum atomic E-state index is 12.2. The topological polar surface area (TPSA) is 77.3 Å². The smallest absolute Gasteiger partial charge is 0.273 e. The Kier molecular flexibility index (Phi) is 3.25. The van der Waals surface area contributed by atoms with Gasteiger partial charge in [0.25, 0.3) is 5.69 Å². The molecule has 0 aliphatic heterocycles. The zero-order chi connectivity index (χ0) is 15.0. The van der Waals surface area contributed by atoms with Crippen LogP contribution in [0.2, 0.25) is 0 Å². The van der Waals surface area contributed by atoms with Crippen molar-refractivity contribution in [1.29, 1.82) is 0 Å². The van der Waals surface area contributed by atoms with Crippen molar-refractivity contribution in [2.45, 2.75) is 12.3 Å². The first-order valence-corrected chi connectivity index (χ1v) is 6.75. The first-order valence-electron chi connectivity index (χ1n) is 6.75. The lowest BCUT2D eigenvalue weighted by molar-refractivity contribution is -0.385.